The van der Waals surface area contributed by atoms with E-state index < -0.39 is 5.97 Å². The number of para-hydroxylation sites is 1. The average molecular weight is 373 g/mol. The Morgan fingerprint density at radius 1 is 1.04 bits per heavy atom. The third kappa shape index (κ3) is 3.47. The number of fused-ring (bicyclic) bond motifs is 1. The summed E-state index contributed by atoms with van der Waals surface area (Å²) in [7, 11) is 0. The third-order valence-corrected chi connectivity index (χ3v) is 4.52. The number of hydrogen-bond donors (Lipinski definition) is 2. The predicted octanol–water partition coefficient (Wildman–Crippen LogP) is 3.21. The van der Waals surface area contributed by atoms with Crippen molar-refractivity contribution in [1.82, 2.24) is 19.7 Å². The van der Waals surface area contributed by atoms with Crippen LogP contribution in [0.1, 0.15) is 16.9 Å². The van der Waals surface area contributed by atoms with E-state index in [1.807, 2.05) is 42.5 Å². The van der Waals surface area contributed by atoms with Crippen LogP contribution in [0.15, 0.2) is 60.9 Å². The molecule has 0 spiro atoms. The first-order valence-electron chi connectivity index (χ1n) is 8.98. The number of rotatable bonds is 6. The van der Waals surface area contributed by atoms with Gasteiger partial charge in [0.2, 0.25) is 0 Å². The van der Waals surface area contributed by atoms with Crippen LogP contribution in [0.2, 0.25) is 0 Å². The number of carboxylic acid groups (broad SMARTS) is 1. The number of nitrogens with two attached hydrogens (primary N) is 1. The zero-order chi connectivity index (χ0) is 19.5. The molecule has 0 atom stereocenters. The van der Waals surface area contributed by atoms with E-state index in [0.29, 0.717) is 25.2 Å². The second-order valence-electron chi connectivity index (χ2n) is 6.43. The van der Waals surface area contributed by atoms with Gasteiger partial charge in [0.05, 0.1) is 16.9 Å². The van der Waals surface area contributed by atoms with Crippen LogP contribution < -0.4 is 5.73 Å². The van der Waals surface area contributed by atoms with Gasteiger partial charge in [-0.1, -0.05) is 18.2 Å². The standard InChI is InChI=1S/C21H19N5O2/c22-7-3-9-26-20(21(27)28)12-19(25-26)15-6-8-23-18(11-15)16-10-14-4-1-2-5-17(14)24-13-16/h1-2,4-6,8,10-13H,3,7,9,22H2,(H,27,28). The second kappa shape index (κ2) is 7.58. The maximum absolute atomic E-state index is 11.5. The van der Waals surface area contributed by atoms with Gasteiger partial charge in [-0.3, -0.25) is 14.6 Å². The van der Waals surface area contributed by atoms with Crippen LogP contribution in [-0.4, -0.2) is 37.4 Å². The summed E-state index contributed by atoms with van der Waals surface area (Å²) in [6.07, 6.45) is 4.14. The Morgan fingerprint density at radius 2 is 1.89 bits per heavy atom. The third-order valence-electron chi connectivity index (χ3n) is 4.52. The molecule has 3 N–H and O–H groups in total. The molecule has 0 unspecified atom stereocenters. The second-order valence-corrected chi connectivity index (χ2v) is 6.43. The van der Waals surface area contributed by atoms with Gasteiger partial charge in [-0.25, -0.2) is 4.79 Å². The van der Waals surface area contributed by atoms with E-state index in [0.717, 1.165) is 27.7 Å². The van der Waals surface area contributed by atoms with E-state index in [1.165, 1.54) is 4.68 Å². The summed E-state index contributed by atoms with van der Waals surface area (Å²) in [6.45, 7) is 0.938. The van der Waals surface area contributed by atoms with Gasteiger partial charge in [-0.05, 0) is 43.3 Å². The van der Waals surface area contributed by atoms with Gasteiger partial charge in [-0.15, -0.1) is 0 Å². The molecule has 0 fully saturated rings. The van der Waals surface area contributed by atoms with Crippen molar-refractivity contribution in [2.24, 2.45) is 5.73 Å². The van der Waals surface area contributed by atoms with Gasteiger partial charge in [0.25, 0.3) is 0 Å². The Hall–Kier alpha value is -3.58. The van der Waals surface area contributed by atoms with Crippen molar-refractivity contribution in [1.29, 1.82) is 0 Å². The lowest BCUT2D eigenvalue weighted by atomic mass is 10.1. The van der Waals surface area contributed by atoms with Gasteiger partial charge in [0, 0.05) is 35.5 Å². The van der Waals surface area contributed by atoms with E-state index in [2.05, 4.69) is 15.1 Å². The number of hydrogen-bond acceptors (Lipinski definition) is 5. The van der Waals surface area contributed by atoms with E-state index >= 15 is 0 Å². The molecule has 0 radical (unpaired) electrons. The van der Waals surface area contributed by atoms with Crippen LogP contribution in [0.3, 0.4) is 0 Å². The number of carboxylic acids is 1. The van der Waals surface area contributed by atoms with Crippen molar-refractivity contribution < 1.29 is 9.90 Å². The summed E-state index contributed by atoms with van der Waals surface area (Å²) in [5.41, 5.74) is 9.64. The summed E-state index contributed by atoms with van der Waals surface area (Å²) >= 11 is 0. The molecule has 0 aliphatic carbocycles. The van der Waals surface area contributed by atoms with Gasteiger partial charge in [-0.2, -0.15) is 5.10 Å². The largest absolute Gasteiger partial charge is 0.477 e. The van der Waals surface area contributed by atoms with Crippen molar-refractivity contribution in [3.8, 4) is 22.5 Å². The molecule has 0 aliphatic rings. The number of aromatic carboxylic acids is 1. The molecule has 28 heavy (non-hydrogen) atoms. The highest BCUT2D eigenvalue weighted by Gasteiger charge is 2.15. The van der Waals surface area contributed by atoms with Gasteiger partial charge in [0.15, 0.2) is 0 Å². The Balaban J connectivity index is 1.73. The lowest BCUT2D eigenvalue weighted by molar-refractivity contribution is 0.0683. The predicted molar refractivity (Wildman–Crippen MR) is 107 cm³/mol. The Morgan fingerprint density at radius 3 is 2.71 bits per heavy atom. The number of nitrogens with zero attached hydrogens (tertiary/aromatic N) is 4. The fourth-order valence-corrected chi connectivity index (χ4v) is 3.10. The molecule has 0 bridgehead atoms. The number of benzene rings is 1. The normalized spacial score (nSPS) is 11.0. The van der Waals surface area contributed by atoms with Crippen LogP contribution in [-0.2, 0) is 6.54 Å². The molecule has 3 heterocycles. The molecule has 0 saturated carbocycles. The molecule has 140 valence electrons. The number of carbonyl (C=O) groups is 1. The first-order valence-corrected chi connectivity index (χ1v) is 8.98. The van der Waals surface area contributed by atoms with E-state index in [4.69, 9.17) is 5.73 Å². The molecule has 7 nitrogen and oxygen atoms in total. The van der Waals surface area contributed by atoms with Crippen LogP contribution in [0.4, 0.5) is 0 Å². The number of aromatic nitrogens is 4. The SMILES string of the molecule is NCCCn1nc(-c2ccnc(-c3cnc4ccccc4c3)c2)cc1C(=O)O. The summed E-state index contributed by atoms with van der Waals surface area (Å²) in [6, 6.07) is 15.2. The summed E-state index contributed by atoms with van der Waals surface area (Å²) in [4.78, 5) is 20.5. The fourth-order valence-electron chi connectivity index (χ4n) is 3.10. The van der Waals surface area contributed by atoms with Gasteiger partial charge in [0.1, 0.15) is 5.69 Å². The average Bonchev–Trinajstić information content (AvgIpc) is 3.16. The van der Waals surface area contributed by atoms with Crippen molar-refractivity contribution in [3.63, 3.8) is 0 Å². The maximum atomic E-state index is 11.5. The summed E-state index contributed by atoms with van der Waals surface area (Å²) in [5, 5.41) is 14.9. The molecule has 0 aliphatic heterocycles. The van der Waals surface area contributed by atoms with Crippen molar-refractivity contribution in [2.45, 2.75) is 13.0 Å². The van der Waals surface area contributed by atoms with Crippen molar-refractivity contribution >= 4 is 16.9 Å². The van der Waals surface area contributed by atoms with Crippen LogP contribution >= 0.6 is 0 Å². The molecule has 0 amide bonds. The van der Waals surface area contributed by atoms with Crippen LogP contribution in [0.5, 0.6) is 0 Å². The number of pyridine rings is 2. The lowest BCUT2D eigenvalue weighted by Gasteiger charge is -2.05. The van der Waals surface area contributed by atoms with Crippen molar-refractivity contribution in [2.75, 3.05) is 6.54 Å². The zero-order valence-corrected chi connectivity index (χ0v) is 15.1. The number of aryl methyl sites for hydroxylation is 1. The Bertz CT molecular complexity index is 1150. The molecule has 0 saturated heterocycles. The van der Waals surface area contributed by atoms with Crippen LogP contribution in [0.25, 0.3) is 33.4 Å². The minimum absolute atomic E-state index is 0.147. The zero-order valence-electron chi connectivity index (χ0n) is 15.1. The van der Waals surface area contributed by atoms with Crippen molar-refractivity contribution in [3.05, 3.63) is 66.6 Å². The highest BCUT2D eigenvalue weighted by molar-refractivity contribution is 5.87. The monoisotopic (exact) mass is 373 g/mol. The van der Waals surface area contributed by atoms with E-state index in [-0.39, 0.29) is 5.69 Å². The van der Waals surface area contributed by atoms with E-state index in [1.54, 1.807) is 18.5 Å². The molecular formula is C21H19N5O2. The first-order chi connectivity index (χ1) is 13.7. The fraction of sp³-hybridized carbons (Fsp3) is 0.143. The quantitative estimate of drug-likeness (QED) is 0.537. The smallest absolute Gasteiger partial charge is 0.354 e. The Kier molecular flexibility index (Phi) is 4.82. The molecule has 4 aromatic rings. The Labute approximate surface area is 161 Å². The highest BCUT2D eigenvalue weighted by atomic mass is 16.4. The summed E-state index contributed by atoms with van der Waals surface area (Å²) < 4.78 is 1.49. The summed E-state index contributed by atoms with van der Waals surface area (Å²) in [5.74, 6) is -1.01. The minimum Gasteiger partial charge on any atom is -0.477 e. The van der Waals surface area contributed by atoms with Crippen LogP contribution in [0, 0.1) is 0 Å². The molecule has 3 aromatic heterocycles. The molecule has 7 heteroatoms. The minimum atomic E-state index is -1.01. The highest BCUT2D eigenvalue weighted by Crippen LogP contribution is 2.26. The molecule has 1 aromatic carbocycles. The first kappa shape index (κ1) is 17.8. The molecular weight excluding hydrogens is 354 g/mol. The van der Waals surface area contributed by atoms with Gasteiger partial charge < -0.3 is 10.8 Å². The lowest BCUT2D eigenvalue weighted by Crippen LogP contribution is -2.12. The maximum Gasteiger partial charge on any atom is 0.354 e. The topological polar surface area (TPSA) is 107 Å². The molecule has 4 rings (SSSR count). The van der Waals surface area contributed by atoms with Gasteiger partial charge >= 0.3 is 5.97 Å². The van der Waals surface area contributed by atoms with E-state index in [9.17, 15) is 9.90 Å².